The number of aliphatic hydroxyl groups excluding tert-OH is 1. The summed E-state index contributed by atoms with van der Waals surface area (Å²) in [6.07, 6.45) is -0.175. The fourth-order valence-corrected chi connectivity index (χ4v) is 5.96. The average Bonchev–Trinajstić information content (AvgIpc) is 3.09. The van der Waals surface area contributed by atoms with Crippen molar-refractivity contribution < 1.29 is 24.1 Å². The molecular formula is C37H34N2O5S. The Morgan fingerprint density at radius 1 is 0.733 bits per heavy atom. The highest BCUT2D eigenvalue weighted by Crippen LogP contribution is 2.40. The summed E-state index contributed by atoms with van der Waals surface area (Å²) in [7, 11) is 0. The first-order chi connectivity index (χ1) is 22.1. The van der Waals surface area contributed by atoms with Gasteiger partial charge in [-0.15, -0.1) is 11.8 Å². The Labute approximate surface area is 267 Å². The van der Waals surface area contributed by atoms with Gasteiger partial charge in [-0.1, -0.05) is 72.8 Å². The molecule has 1 saturated heterocycles. The molecule has 1 heterocycles. The summed E-state index contributed by atoms with van der Waals surface area (Å²) in [5.41, 5.74) is 3.94. The maximum Gasteiger partial charge on any atom is 0.323 e. The number of anilines is 2. The van der Waals surface area contributed by atoms with E-state index >= 15 is 0 Å². The number of urea groups is 1. The highest BCUT2D eigenvalue weighted by molar-refractivity contribution is 7.99. The Kier molecular flexibility index (Phi) is 10.1. The molecule has 1 aliphatic rings. The minimum atomic E-state index is -0.621. The summed E-state index contributed by atoms with van der Waals surface area (Å²) in [6, 6.07) is 42.0. The number of para-hydroxylation sites is 1. The molecule has 0 aliphatic carbocycles. The van der Waals surface area contributed by atoms with Gasteiger partial charge in [0.2, 0.25) is 0 Å². The molecule has 0 unspecified atom stereocenters. The zero-order valence-electron chi connectivity index (χ0n) is 24.5. The Morgan fingerprint density at radius 2 is 1.42 bits per heavy atom. The quantitative estimate of drug-likeness (QED) is 0.135. The number of aliphatic hydroxyl groups is 1. The van der Waals surface area contributed by atoms with Gasteiger partial charge in [-0.3, -0.25) is 0 Å². The molecule has 0 aromatic heterocycles. The highest BCUT2D eigenvalue weighted by Gasteiger charge is 2.32. The summed E-state index contributed by atoms with van der Waals surface area (Å²) < 4.78 is 18.8. The van der Waals surface area contributed by atoms with Crippen molar-refractivity contribution in [3.8, 4) is 11.5 Å². The molecule has 7 nitrogen and oxygen atoms in total. The monoisotopic (exact) mass is 618 g/mol. The van der Waals surface area contributed by atoms with Crippen LogP contribution in [0.1, 0.15) is 35.5 Å². The van der Waals surface area contributed by atoms with Crippen LogP contribution in [0.5, 0.6) is 11.5 Å². The molecule has 5 aromatic rings. The van der Waals surface area contributed by atoms with E-state index in [1.807, 2.05) is 97.1 Å². The number of hydrogen-bond acceptors (Lipinski definition) is 6. The number of rotatable bonds is 10. The lowest BCUT2D eigenvalue weighted by Crippen LogP contribution is -2.31. The summed E-state index contributed by atoms with van der Waals surface area (Å²) in [6.45, 7) is -0.00473. The number of nitrogens with one attached hydrogen (secondary N) is 2. The molecule has 1 aliphatic heterocycles. The van der Waals surface area contributed by atoms with Gasteiger partial charge in [0.1, 0.15) is 11.5 Å². The summed E-state index contributed by atoms with van der Waals surface area (Å²) >= 11 is 1.75. The van der Waals surface area contributed by atoms with E-state index in [4.69, 9.17) is 14.2 Å². The summed E-state index contributed by atoms with van der Waals surface area (Å²) in [5.74, 6) is 2.19. The first-order valence-electron chi connectivity index (χ1n) is 14.8. The number of amides is 2. The van der Waals surface area contributed by atoms with Crippen LogP contribution in [0.4, 0.5) is 16.2 Å². The fraction of sp³-hybridized carbons (Fsp3) is 0.162. The zero-order chi connectivity index (χ0) is 30.8. The molecule has 3 N–H and O–H groups in total. The smallest absolute Gasteiger partial charge is 0.323 e. The van der Waals surface area contributed by atoms with Crippen LogP contribution in [-0.4, -0.2) is 23.0 Å². The third-order valence-corrected chi connectivity index (χ3v) is 8.45. The van der Waals surface area contributed by atoms with Crippen LogP contribution in [-0.2, 0) is 16.1 Å². The second-order valence-electron chi connectivity index (χ2n) is 10.6. The minimum absolute atomic E-state index is 0.00473. The second kappa shape index (κ2) is 14.9. The maximum atomic E-state index is 12.9. The van der Waals surface area contributed by atoms with Crippen molar-refractivity contribution in [2.75, 3.05) is 16.4 Å². The van der Waals surface area contributed by atoms with E-state index < -0.39 is 6.29 Å². The van der Waals surface area contributed by atoms with Gasteiger partial charge in [0.25, 0.3) is 0 Å². The highest BCUT2D eigenvalue weighted by atomic mass is 32.2. The van der Waals surface area contributed by atoms with Gasteiger partial charge in [0.05, 0.1) is 18.8 Å². The van der Waals surface area contributed by atoms with Crippen molar-refractivity contribution in [3.63, 3.8) is 0 Å². The van der Waals surface area contributed by atoms with Gasteiger partial charge in [-0.25, -0.2) is 4.79 Å². The standard InChI is InChI=1S/C37H34N2O5S/c40-24-26-14-16-27(17-15-26)35-23-33(25-45-34-12-5-2-6-13-34)43-36(44-35)28-8-7-9-30(22-28)39-37(41)38-29-18-20-32(21-19-29)42-31-10-3-1-4-11-31/h1-22,33,35-36,40H,23-25H2,(H2,38,39,41)/t33-,35+,36+/m1/s1. The second-order valence-corrected chi connectivity index (χ2v) is 11.7. The SMILES string of the molecule is O=C(Nc1ccc(Oc2ccccc2)cc1)Nc1cccc([C@H]2O[C@@H](CSc3ccccc3)C[C@@H](c3ccc(CO)cc3)O2)c1. The summed E-state index contributed by atoms with van der Waals surface area (Å²) in [5, 5.41) is 15.3. The van der Waals surface area contributed by atoms with Crippen LogP contribution >= 0.6 is 11.8 Å². The number of hydrogen-bond donors (Lipinski definition) is 3. The molecular weight excluding hydrogens is 584 g/mol. The molecule has 45 heavy (non-hydrogen) atoms. The van der Waals surface area contributed by atoms with Gasteiger partial charge < -0.3 is 30.0 Å². The number of thioether (sulfide) groups is 1. The largest absolute Gasteiger partial charge is 0.457 e. The molecule has 2 amide bonds. The lowest BCUT2D eigenvalue weighted by molar-refractivity contribution is -0.245. The van der Waals surface area contributed by atoms with Crippen molar-refractivity contribution in [3.05, 3.63) is 150 Å². The molecule has 1 fully saturated rings. The Morgan fingerprint density at radius 3 is 2.16 bits per heavy atom. The minimum Gasteiger partial charge on any atom is -0.457 e. The topological polar surface area (TPSA) is 89.1 Å². The Hall–Kier alpha value is -4.60. The molecule has 8 heteroatoms. The molecule has 0 saturated carbocycles. The lowest BCUT2D eigenvalue weighted by atomic mass is 10.0. The van der Waals surface area contributed by atoms with E-state index in [9.17, 15) is 9.90 Å². The van der Waals surface area contributed by atoms with E-state index in [1.54, 1.807) is 36.0 Å². The van der Waals surface area contributed by atoms with Crippen molar-refractivity contribution in [2.24, 2.45) is 0 Å². The third-order valence-electron chi connectivity index (χ3n) is 7.30. The van der Waals surface area contributed by atoms with Gasteiger partial charge in [-0.05, 0) is 71.8 Å². The number of ether oxygens (including phenoxy) is 3. The molecule has 228 valence electrons. The van der Waals surface area contributed by atoms with Gasteiger partial charge in [-0.2, -0.15) is 0 Å². The van der Waals surface area contributed by atoms with Gasteiger partial charge >= 0.3 is 6.03 Å². The first-order valence-corrected chi connectivity index (χ1v) is 15.8. The first kappa shape index (κ1) is 30.4. The predicted octanol–water partition coefficient (Wildman–Crippen LogP) is 8.95. The summed E-state index contributed by atoms with van der Waals surface area (Å²) in [4.78, 5) is 14.1. The van der Waals surface area contributed by atoms with Gasteiger partial charge in [0, 0.05) is 34.0 Å². The Bertz CT molecular complexity index is 1670. The van der Waals surface area contributed by atoms with Crippen molar-refractivity contribution in [1.82, 2.24) is 0 Å². The molecule has 3 atom stereocenters. The van der Waals surface area contributed by atoms with E-state index in [1.165, 1.54) is 4.90 Å². The Balaban J connectivity index is 1.11. The number of carbonyl (C=O) groups is 1. The van der Waals surface area contributed by atoms with Crippen LogP contribution in [0.2, 0.25) is 0 Å². The van der Waals surface area contributed by atoms with Crippen molar-refractivity contribution >= 4 is 29.2 Å². The van der Waals surface area contributed by atoms with Crippen LogP contribution in [0, 0.1) is 0 Å². The number of benzene rings is 5. The fourth-order valence-electron chi connectivity index (χ4n) is 5.02. The molecule has 5 aromatic carbocycles. The molecule has 0 radical (unpaired) electrons. The van der Waals surface area contributed by atoms with Crippen molar-refractivity contribution in [2.45, 2.75) is 36.4 Å². The van der Waals surface area contributed by atoms with E-state index in [0.29, 0.717) is 23.5 Å². The van der Waals surface area contributed by atoms with Crippen molar-refractivity contribution in [1.29, 1.82) is 0 Å². The average molecular weight is 619 g/mol. The normalized spacial score (nSPS) is 17.8. The van der Waals surface area contributed by atoms with Crippen LogP contribution < -0.4 is 15.4 Å². The van der Waals surface area contributed by atoms with Gasteiger partial charge in [0.15, 0.2) is 6.29 Å². The molecule has 0 spiro atoms. The maximum absolute atomic E-state index is 12.9. The molecule has 6 rings (SSSR count). The molecule has 0 bridgehead atoms. The van der Waals surface area contributed by atoms with Crippen LogP contribution in [0.3, 0.4) is 0 Å². The van der Waals surface area contributed by atoms with E-state index in [-0.39, 0.29) is 24.8 Å². The third kappa shape index (κ3) is 8.53. The van der Waals surface area contributed by atoms with Crippen LogP contribution in [0.25, 0.3) is 0 Å². The van der Waals surface area contributed by atoms with Crippen LogP contribution in [0.15, 0.2) is 138 Å². The lowest BCUT2D eigenvalue weighted by Gasteiger charge is -2.36. The zero-order valence-corrected chi connectivity index (χ0v) is 25.4. The number of carbonyl (C=O) groups excluding carboxylic acids is 1. The predicted molar refractivity (Wildman–Crippen MR) is 178 cm³/mol. The van der Waals surface area contributed by atoms with E-state index in [0.717, 1.165) is 28.2 Å². The van der Waals surface area contributed by atoms with E-state index in [2.05, 4.69) is 22.8 Å².